The average molecular weight is 324 g/mol. The van der Waals surface area contributed by atoms with Gasteiger partial charge in [-0.25, -0.2) is 0 Å². The summed E-state index contributed by atoms with van der Waals surface area (Å²) in [6.45, 7) is 12.2. The molecule has 4 atom stereocenters. The van der Waals surface area contributed by atoms with E-state index < -0.39 is 0 Å². The standard InChI is InChI=1S/C20H24N2O2/c1-9-7-11(13-15(17(9)23)19(13,3)4)21-22-12-8-10(2)18(24)16-14(12)20(16,5)6/h7-8,13-16H,1-6H3/b21-11-,22-12+. The van der Waals surface area contributed by atoms with Gasteiger partial charge in [-0.15, -0.1) is 0 Å². The van der Waals surface area contributed by atoms with Gasteiger partial charge in [-0.2, -0.15) is 10.2 Å². The molecule has 2 fully saturated rings. The maximum Gasteiger partial charge on any atom is 0.162 e. The molecule has 0 heterocycles. The van der Waals surface area contributed by atoms with Crippen LogP contribution in [0.3, 0.4) is 0 Å². The van der Waals surface area contributed by atoms with E-state index in [1.54, 1.807) is 0 Å². The molecule has 4 unspecified atom stereocenters. The number of nitrogens with zero attached hydrogens (tertiary/aromatic N) is 2. The largest absolute Gasteiger partial charge is 0.294 e. The van der Waals surface area contributed by atoms with Gasteiger partial charge in [0, 0.05) is 23.7 Å². The molecule has 0 N–H and O–H groups in total. The lowest BCUT2D eigenvalue weighted by atomic mass is 9.98. The molecule has 4 heteroatoms. The molecular formula is C20H24N2O2. The average Bonchev–Trinajstić information content (AvgIpc) is 3.27. The van der Waals surface area contributed by atoms with Gasteiger partial charge in [0.25, 0.3) is 0 Å². The van der Waals surface area contributed by atoms with Gasteiger partial charge in [-0.05, 0) is 48.0 Å². The zero-order chi connectivity index (χ0) is 17.6. The first-order valence-corrected chi connectivity index (χ1v) is 8.69. The van der Waals surface area contributed by atoms with Crippen LogP contribution in [0, 0.1) is 34.5 Å². The first kappa shape index (κ1) is 15.7. The number of rotatable bonds is 1. The van der Waals surface area contributed by atoms with E-state index in [1.165, 1.54) is 0 Å². The molecule has 4 nitrogen and oxygen atoms in total. The Kier molecular flexibility index (Phi) is 2.88. The Morgan fingerprint density at radius 1 is 0.708 bits per heavy atom. The third-order valence-electron chi connectivity index (χ3n) is 6.64. The predicted octanol–water partition coefficient (Wildman–Crippen LogP) is 3.39. The van der Waals surface area contributed by atoms with Crippen molar-refractivity contribution < 1.29 is 9.59 Å². The fraction of sp³-hybridized carbons (Fsp3) is 0.600. The van der Waals surface area contributed by atoms with E-state index in [1.807, 2.05) is 26.0 Å². The van der Waals surface area contributed by atoms with Crippen LogP contribution in [0.2, 0.25) is 0 Å². The summed E-state index contributed by atoms with van der Waals surface area (Å²) in [5.41, 5.74) is 3.31. The van der Waals surface area contributed by atoms with Crippen molar-refractivity contribution in [3.05, 3.63) is 23.3 Å². The second-order valence-corrected chi connectivity index (χ2v) is 8.99. The number of Topliss-reactive ketones (excluding diaryl/α,β-unsaturated/α-hetero) is 2. The van der Waals surface area contributed by atoms with Crippen LogP contribution in [0.15, 0.2) is 33.5 Å². The molecule has 0 aliphatic heterocycles. The molecule has 0 aromatic rings. The van der Waals surface area contributed by atoms with Crippen molar-refractivity contribution in [2.45, 2.75) is 41.5 Å². The van der Waals surface area contributed by atoms with Gasteiger partial charge < -0.3 is 0 Å². The number of carbonyl (C=O) groups is 2. The van der Waals surface area contributed by atoms with Gasteiger partial charge in [0.1, 0.15) is 0 Å². The first-order valence-electron chi connectivity index (χ1n) is 8.69. The lowest BCUT2D eigenvalue weighted by Crippen LogP contribution is -2.17. The lowest BCUT2D eigenvalue weighted by molar-refractivity contribution is -0.118. The van der Waals surface area contributed by atoms with Gasteiger partial charge >= 0.3 is 0 Å². The van der Waals surface area contributed by atoms with Crippen LogP contribution in [-0.4, -0.2) is 23.0 Å². The van der Waals surface area contributed by atoms with Crippen LogP contribution in [0.1, 0.15) is 41.5 Å². The summed E-state index contributed by atoms with van der Waals surface area (Å²) in [6, 6.07) is 0. The summed E-state index contributed by atoms with van der Waals surface area (Å²) in [5, 5.41) is 9.06. The minimum atomic E-state index is -0.0277. The quantitative estimate of drug-likeness (QED) is 0.694. The second-order valence-electron chi connectivity index (χ2n) is 8.99. The maximum absolute atomic E-state index is 12.3. The van der Waals surface area contributed by atoms with E-state index in [0.29, 0.717) is 0 Å². The highest BCUT2D eigenvalue weighted by molar-refractivity contribution is 6.18. The van der Waals surface area contributed by atoms with Crippen LogP contribution in [0.5, 0.6) is 0 Å². The predicted molar refractivity (Wildman–Crippen MR) is 93.9 cm³/mol. The van der Waals surface area contributed by atoms with Gasteiger partial charge in [0.15, 0.2) is 11.6 Å². The second kappa shape index (κ2) is 4.41. The van der Waals surface area contributed by atoms with Gasteiger partial charge in [0.2, 0.25) is 0 Å². The molecule has 24 heavy (non-hydrogen) atoms. The highest BCUT2D eigenvalue weighted by atomic mass is 16.1. The number of fused-ring (bicyclic) bond motifs is 2. The normalized spacial score (nSPS) is 41.6. The molecule has 0 aromatic carbocycles. The third-order valence-corrected chi connectivity index (χ3v) is 6.64. The molecular weight excluding hydrogens is 300 g/mol. The Morgan fingerprint density at radius 3 is 1.38 bits per heavy atom. The molecule has 0 saturated heterocycles. The van der Waals surface area contributed by atoms with E-state index in [4.69, 9.17) is 0 Å². The Hall–Kier alpha value is -1.84. The zero-order valence-corrected chi connectivity index (χ0v) is 15.2. The third kappa shape index (κ3) is 1.86. The fourth-order valence-corrected chi connectivity index (χ4v) is 4.91. The molecule has 0 bridgehead atoms. The minimum Gasteiger partial charge on any atom is -0.294 e. The van der Waals surface area contributed by atoms with Crippen molar-refractivity contribution in [3.63, 3.8) is 0 Å². The topological polar surface area (TPSA) is 58.9 Å². The monoisotopic (exact) mass is 324 g/mol. The number of hydrogen-bond donors (Lipinski definition) is 0. The summed E-state index contributed by atoms with van der Waals surface area (Å²) in [7, 11) is 0. The molecule has 0 amide bonds. The van der Waals surface area contributed by atoms with Crippen LogP contribution >= 0.6 is 0 Å². The minimum absolute atomic E-state index is 0.0277. The fourth-order valence-electron chi connectivity index (χ4n) is 4.91. The van der Waals surface area contributed by atoms with E-state index in [0.717, 1.165) is 22.6 Å². The van der Waals surface area contributed by atoms with E-state index >= 15 is 0 Å². The van der Waals surface area contributed by atoms with Gasteiger partial charge in [0.05, 0.1) is 11.4 Å². The van der Waals surface area contributed by atoms with E-state index in [2.05, 4.69) is 37.9 Å². The molecule has 2 saturated carbocycles. The zero-order valence-electron chi connectivity index (χ0n) is 15.2. The van der Waals surface area contributed by atoms with Crippen molar-refractivity contribution >= 4 is 23.0 Å². The lowest BCUT2D eigenvalue weighted by Gasteiger charge is -2.10. The van der Waals surface area contributed by atoms with Crippen LogP contribution < -0.4 is 0 Å². The molecule has 0 aromatic heterocycles. The number of allylic oxidation sites excluding steroid dienone is 4. The first-order chi connectivity index (χ1) is 11.1. The number of carbonyl (C=O) groups excluding carboxylic acids is 2. The van der Waals surface area contributed by atoms with E-state index in [-0.39, 0.29) is 46.1 Å². The number of hydrogen-bond acceptors (Lipinski definition) is 4. The SMILES string of the molecule is CC1=C/C(=N\N=C2\C=C(C)C(=O)C3C2C3(C)C)C2C(C1=O)C2(C)C. The summed E-state index contributed by atoms with van der Waals surface area (Å²) in [6.07, 6.45) is 3.78. The van der Waals surface area contributed by atoms with Gasteiger partial charge in [-0.3, -0.25) is 9.59 Å². The van der Waals surface area contributed by atoms with Crippen molar-refractivity contribution in [2.24, 2.45) is 44.7 Å². The van der Waals surface area contributed by atoms with Crippen molar-refractivity contribution in [3.8, 4) is 0 Å². The molecule has 0 radical (unpaired) electrons. The van der Waals surface area contributed by atoms with Crippen molar-refractivity contribution in [2.75, 3.05) is 0 Å². The van der Waals surface area contributed by atoms with Crippen LogP contribution in [-0.2, 0) is 9.59 Å². The molecule has 126 valence electrons. The van der Waals surface area contributed by atoms with Crippen molar-refractivity contribution in [1.82, 2.24) is 0 Å². The Bertz CT molecular complexity index is 739. The molecule has 4 rings (SSSR count). The molecule has 4 aliphatic carbocycles. The van der Waals surface area contributed by atoms with Gasteiger partial charge in [-0.1, -0.05) is 27.7 Å². The highest BCUT2D eigenvalue weighted by Gasteiger charge is 2.66. The summed E-state index contributed by atoms with van der Waals surface area (Å²) in [5.74, 6) is 0.958. The Labute approximate surface area is 142 Å². The maximum atomic E-state index is 12.3. The summed E-state index contributed by atoms with van der Waals surface area (Å²) >= 11 is 0. The molecule has 0 spiro atoms. The Morgan fingerprint density at radius 2 is 1.04 bits per heavy atom. The smallest absolute Gasteiger partial charge is 0.162 e. The van der Waals surface area contributed by atoms with Crippen molar-refractivity contribution in [1.29, 1.82) is 0 Å². The number of ketones is 2. The van der Waals surface area contributed by atoms with E-state index in [9.17, 15) is 9.59 Å². The van der Waals surface area contributed by atoms with Crippen LogP contribution in [0.4, 0.5) is 0 Å². The Balaban J connectivity index is 1.71. The molecule has 4 aliphatic rings. The summed E-state index contributed by atoms with van der Waals surface area (Å²) in [4.78, 5) is 24.5. The van der Waals surface area contributed by atoms with Crippen LogP contribution in [0.25, 0.3) is 0 Å². The summed E-state index contributed by atoms with van der Waals surface area (Å²) < 4.78 is 0. The highest BCUT2D eigenvalue weighted by Crippen LogP contribution is 2.63.